The number of aliphatic hydroxyl groups excluding tert-OH is 2. The smallest absolute Gasteiger partial charge is 0.341 e. The zero-order valence-electron chi connectivity index (χ0n) is 8.87. The average Bonchev–Trinajstić information content (AvgIpc) is 2.28. The van der Waals surface area contributed by atoms with E-state index in [2.05, 4.69) is 4.74 Å². The van der Waals surface area contributed by atoms with E-state index in [-0.39, 0.29) is 12.2 Å². The monoisotopic (exact) mass is 240 g/mol. The second-order valence-corrected chi connectivity index (χ2v) is 3.39. The molecule has 6 heteroatoms. The molecule has 0 aromatic rings. The predicted molar refractivity (Wildman–Crippen MR) is 57.2 cm³/mol. The number of hydrogen-bond acceptors (Lipinski definition) is 5. The number of allylic oxidation sites excluding steroid dienone is 3. The molecule has 0 fully saturated rings. The number of aliphatic hydroxyl groups is 2. The molecule has 0 aliphatic heterocycles. The Hall–Kier alpha value is -2.08. The Morgan fingerprint density at radius 1 is 1.47 bits per heavy atom. The molecule has 1 aliphatic carbocycles. The summed E-state index contributed by atoms with van der Waals surface area (Å²) < 4.78 is 4.36. The summed E-state index contributed by atoms with van der Waals surface area (Å²) in [5.74, 6) is -2.14. The van der Waals surface area contributed by atoms with Crippen molar-refractivity contribution in [1.82, 2.24) is 0 Å². The number of ether oxygens (including phenoxy) is 1. The number of esters is 1. The highest BCUT2D eigenvalue weighted by atomic mass is 16.5. The van der Waals surface area contributed by atoms with Gasteiger partial charge in [0, 0.05) is 12.5 Å². The molecule has 92 valence electrons. The molecule has 1 aliphatic rings. The van der Waals surface area contributed by atoms with Crippen LogP contribution < -0.4 is 0 Å². The van der Waals surface area contributed by atoms with E-state index in [1.54, 1.807) is 6.08 Å². The van der Waals surface area contributed by atoms with Crippen LogP contribution in [0.1, 0.15) is 6.42 Å². The highest BCUT2D eigenvalue weighted by molar-refractivity contribution is 5.84. The molecule has 1 rings (SSSR count). The van der Waals surface area contributed by atoms with Crippen LogP contribution in [0.25, 0.3) is 0 Å². The lowest BCUT2D eigenvalue weighted by molar-refractivity contribution is -0.151. The minimum atomic E-state index is -1.23. The maximum Gasteiger partial charge on any atom is 0.341 e. The number of carboxylic acid groups (broad SMARTS) is 1. The van der Waals surface area contributed by atoms with Gasteiger partial charge in [-0.25, -0.2) is 9.59 Å². The molecular weight excluding hydrogens is 228 g/mol. The molecule has 1 atom stereocenters. The first kappa shape index (κ1) is 13.0. The van der Waals surface area contributed by atoms with Crippen LogP contribution in [-0.2, 0) is 14.3 Å². The molecule has 0 saturated heterocycles. The third-order valence-electron chi connectivity index (χ3n) is 2.01. The summed E-state index contributed by atoms with van der Waals surface area (Å²) in [6.07, 6.45) is 4.55. The lowest BCUT2D eigenvalue weighted by Gasteiger charge is -2.13. The van der Waals surface area contributed by atoms with Crippen LogP contribution in [-0.4, -0.2) is 40.0 Å². The minimum Gasteiger partial charge on any atom is -0.510 e. The number of carbonyl (C=O) groups excluding carboxylic acids is 1. The normalized spacial score (nSPS) is 19.7. The van der Waals surface area contributed by atoms with Gasteiger partial charge < -0.3 is 20.1 Å². The van der Waals surface area contributed by atoms with E-state index < -0.39 is 24.6 Å². The minimum absolute atomic E-state index is 0.129. The zero-order valence-corrected chi connectivity index (χ0v) is 8.87. The summed E-state index contributed by atoms with van der Waals surface area (Å²) >= 11 is 0. The molecule has 0 amide bonds. The lowest BCUT2D eigenvalue weighted by Crippen LogP contribution is -2.14. The van der Waals surface area contributed by atoms with Crippen molar-refractivity contribution in [2.24, 2.45) is 0 Å². The van der Waals surface area contributed by atoms with Crippen molar-refractivity contribution < 1.29 is 29.6 Å². The molecule has 0 bridgehead atoms. The Bertz CT molecular complexity index is 404. The van der Waals surface area contributed by atoms with Gasteiger partial charge in [-0.1, -0.05) is 12.2 Å². The topological polar surface area (TPSA) is 104 Å². The quantitative estimate of drug-likeness (QED) is 0.482. The van der Waals surface area contributed by atoms with Gasteiger partial charge in [0.25, 0.3) is 0 Å². The highest BCUT2D eigenvalue weighted by Crippen LogP contribution is 2.17. The predicted octanol–water partition coefficient (Wildman–Crippen LogP) is 0.303. The maximum atomic E-state index is 11.0. The van der Waals surface area contributed by atoms with E-state index in [0.29, 0.717) is 5.57 Å². The van der Waals surface area contributed by atoms with Crippen molar-refractivity contribution in [3.63, 3.8) is 0 Å². The van der Waals surface area contributed by atoms with E-state index >= 15 is 0 Å². The number of aliphatic carboxylic acids is 1. The van der Waals surface area contributed by atoms with Crippen LogP contribution >= 0.6 is 0 Å². The summed E-state index contributed by atoms with van der Waals surface area (Å²) in [6.45, 7) is -0.689. The van der Waals surface area contributed by atoms with Gasteiger partial charge in [0.1, 0.15) is 11.9 Å². The van der Waals surface area contributed by atoms with Crippen molar-refractivity contribution in [2.45, 2.75) is 12.5 Å². The number of hydrogen-bond donors (Lipinski definition) is 3. The van der Waals surface area contributed by atoms with E-state index in [4.69, 9.17) is 10.2 Å². The standard InChI is InChI=1S/C11H12O6/c12-8-3-1-7(5-9(8)13)2-4-11(16)17-6-10(14)15/h1-4,9,12-13H,5-6H2,(H,14,15)/b4-2+. The summed E-state index contributed by atoms with van der Waals surface area (Å²) in [5.41, 5.74) is 0.627. The van der Waals surface area contributed by atoms with E-state index in [1.165, 1.54) is 12.2 Å². The first-order chi connectivity index (χ1) is 7.99. The average molecular weight is 240 g/mol. The van der Waals surface area contributed by atoms with Crippen LogP contribution in [0.5, 0.6) is 0 Å². The van der Waals surface area contributed by atoms with Crippen LogP contribution in [0, 0.1) is 0 Å². The second kappa shape index (κ2) is 5.86. The molecule has 0 aromatic heterocycles. The summed E-state index contributed by atoms with van der Waals surface area (Å²) in [7, 11) is 0. The van der Waals surface area contributed by atoms with Gasteiger partial charge in [0.2, 0.25) is 0 Å². The van der Waals surface area contributed by atoms with E-state index in [9.17, 15) is 14.7 Å². The first-order valence-corrected chi connectivity index (χ1v) is 4.83. The fraction of sp³-hybridized carbons (Fsp3) is 0.273. The second-order valence-electron chi connectivity index (χ2n) is 3.39. The van der Waals surface area contributed by atoms with E-state index in [1.807, 2.05) is 0 Å². The molecule has 3 N–H and O–H groups in total. The van der Waals surface area contributed by atoms with Crippen molar-refractivity contribution >= 4 is 11.9 Å². The third kappa shape index (κ3) is 4.52. The van der Waals surface area contributed by atoms with Gasteiger partial charge in [-0.2, -0.15) is 0 Å². The van der Waals surface area contributed by atoms with Gasteiger partial charge in [0.05, 0.1) is 0 Å². The van der Waals surface area contributed by atoms with Gasteiger partial charge in [-0.3, -0.25) is 0 Å². The fourth-order valence-electron chi connectivity index (χ4n) is 1.18. The van der Waals surface area contributed by atoms with Crippen molar-refractivity contribution in [2.75, 3.05) is 6.61 Å². The van der Waals surface area contributed by atoms with Crippen LogP contribution in [0.2, 0.25) is 0 Å². The lowest BCUT2D eigenvalue weighted by atomic mass is 10.0. The molecule has 17 heavy (non-hydrogen) atoms. The summed E-state index contributed by atoms with van der Waals surface area (Å²) in [4.78, 5) is 21.1. The molecule has 0 aromatic carbocycles. The molecule has 0 radical (unpaired) electrons. The Morgan fingerprint density at radius 2 is 2.18 bits per heavy atom. The maximum absolute atomic E-state index is 11.0. The van der Waals surface area contributed by atoms with Crippen molar-refractivity contribution in [3.8, 4) is 0 Å². The molecule has 6 nitrogen and oxygen atoms in total. The number of carbonyl (C=O) groups is 2. The Labute approximate surface area is 97.1 Å². The largest absolute Gasteiger partial charge is 0.510 e. The Balaban J connectivity index is 2.49. The van der Waals surface area contributed by atoms with Crippen molar-refractivity contribution in [1.29, 1.82) is 0 Å². The van der Waals surface area contributed by atoms with Crippen molar-refractivity contribution in [3.05, 3.63) is 35.6 Å². The van der Waals surface area contributed by atoms with Gasteiger partial charge in [-0.05, 0) is 11.6 Å². The first-order valence-electron chi connectivity index (χ1n) is 4.83. The van der Waals surface area contributed by atoms with Gasteiger partial charge in [-0.15, -0.1) is 0 Å². The molecule has 0 spiro atoms. The third-order valence-corrected chi connectivity index (χ3v) is 2.01. The number of carboxylic acids is 1. The molecule has 0 saturated carbocycles. The SMILES string of the molecule is O=C(O)COC(=O)/C=C/C1=CC=C(O)C(O)C1. The molecular formula is C11H12O6. The number of rotatable bonds is 4. The highest BCUT2D eigenvalue weighted by Gasteiger charge is 2.14. The summed E-state index contributed by atoms with van der Waals surface area (Å²) in [6, 6.07) is 0. The van der Waals surface area contributed by atoms with Crippen LogP contribution in [0.15, 0.2) is 35.6 Å². The van der Waals surface area contributed by atoms with Gasteiger partial charge >= 0.3 is 11.9 Å². The molecule has 1 unspecified atom stereocenters. The van der Waals surface area contributed by atoms with Crippen LogP contribution in [0.4, 0.5) is 0 Å². The summed E-state index contributed by atoms with van der Waals surface area (Å²) in [5, 5.41) is 26.7. The van der Waals surface area contributed by atoms with Crippen LogP contribution in [0.3, 0.4) is 0 Å². The Morgan fingerprint density at radius 3 is 2.76 bits per heavy atom. The zero-order chi connectivity index (χ0) is 12.8. The fourth-order valence-corrected chi connectivity index (χ4v) is 1.18. The van der Waals surface area contributed by atoms with E-state index in [0.717, 1.165) is 6.08 Å². The Kier molecular flexibility index (Phi) is 4.47. The molecule has 0 heterocycles. The van der Waals surface area contributed by atoms with Gasteiger partial charge in [0.15, 0.2) is 6.61 Å².